The number of nitrogens with one attached hydrogen (secondary N) is 1. The summed E-state index contributed by atoms with van der Waals surface area (Å²) in [4.78, 5) is 22.5. The van der Waals surface area contributed by atoms with Crippen molar-refractivity contribution >= 4 is 12.1 Å². The SMILES string of the molecule is CC(C)OC(=O)NC(Cc1ccc(O)c(O)c1)C(=O)O. The zero-order valence-electron chi connectivity index (χ0n) is 11.2. The van der Waals surface area contributed by atoms with E-state index in [1.165, 1.54) is 18.2 Å². The van der Waals surface area contributed by atoms with Crippen LogP contribution in [0.4, 0.5) is 4.79 Å². The predicted octanol–water partition coefficient (Wildman–Crippen LogP) is 1.23. The molecule has 1 rings (SSSR count). The Bertz CT molecular complexity index is 500. The third-order valence-electron chi connectivity index (χ3n) is 2.41. The molecular weight excluding hydrogens is 266 g/mol. The molecule has 0 heterocycles. The zero-order chi connectivity index (χ0) is 15.3. The highest BCUT2D eigenvalue weighted by Gasteiger charge is 2.22. The van der Waals surface area contributed by atoms with Crippen LogP contribution in [0.25, 0.3) is 0 Å². The highest BCUT2D eigenvalue weighted by atomic mass is 16.6. The van der Waals surface area contributed by atoms with Crippen molar-refractivity contribution in [1.29, 1.82) is 0 Å². The Morgan fingerprint density at radius 1 is 1.25 bits per heavy atom. The molecule has 0 radical (unpaired) electrons. The van der Waals surface area contributed by atoms with Gasteiger partial charge >= 0.3 is 12.1 Å². The summed E-state index contributed by atoms with van der Waals surface area (Å²) in [6, 6.07) is 2.75. The molecule has 7 heteroatoms. The summed E-state index contributed by atoms with van der Waals surface area (Å²) < 4.78 is 4.81. The molecule has 0 aromatic heterocycles. The fraction of sp³-hybridized carbons (Fsp3) is 0.385. The smallest absolute Gasteiger partial charge is 0.408 e. The summed E-state index contributed by atoms with van der Waals surface area (Å²) in [7, 11) is 0. The van der Waals surface area contributed by atoms with Gasteiger partial charge in [0.05, 0.1) is 6.10 Å². The molecule has 1 aromatic carbocycles. The highest BCUT2D eigenvalue weighted by Crippen LogP contribution is 2.25. The summed E-state index contributed by atoms with van der Waals surface area (Å²) in [5.74, 6) is -1.87. The monoisotopic (exact) mass is 283 g/mol. The summed E-state index contributed by atoms with van der Waals surface area (Å²) >= 11 is 0. The van der Waals surface area contributed by atoms with E-state index in [0.717, 1.165) is 0 Å². The first-order valence-electron chi connectivity index (χ1n) is 6.00. The first-order chi connectivity index (χ1) is 9.29. The molecule has 0 spiro atoms. The van der Waals surface area contributed by atoms with Gasteiger partial charge in [0, 0.05) is 6.42 Å². The molecule has 0 fully saturated rings. The number of hydrogen-bond donors (Lipinski definition) is 4. The number of carbonyl (C=O) groups excluding carboxylic acids is 1. The molecule has 1 unspecified atom stereocenters. The van der Waals surface area contributed by atoms with E-state index >= 15 is 0 Å². The zero-order valence-corrected chi connectivity index (χ0v) is 11.2. The number of carboxylic acid groups (broad SMARTS) is 1. The second-order valence-electron chi connectivity index (χ2n) is 4.52. The van der Waals surface area contributed by atoms with Crippen LogP contribution in [0, 0.1) is 0 Å². The number of amides is 1. The lowest BCUT2D eigenvalue weighted by molar-refractivity contribution is -0.139. The number of benzene rings is 1. The first-order valence-corrected chi connectivity index (χ1v) is 6.00. The van der Waals surface area contributed by atoms with Gasteiger partial charge in [-0.05, 0) is 31.5 Å². The van der Waals surface area contributed by atoms with Crippen molar-refractivity contribution in [2.45, 2.75) is 32.4 Å². The third-order valence-corrected chi connectivity index (χ3v) is 2.41. The van der Waals surface area contributed by atoms with E-state index in [1.54, 1.807) is 13.8 Å². The Balaban J connectivity index is 2.74. The van der Waals surface area contributed by atoms with Crippen molar-refractivity contribution in [3.8, 4) is 11.5 Å². The Morgan fingerprint density at radius 2 is 1.90 bits per heavy atom. The fourth-order valence-electron chi connectivity index (χ4n) is 1.52. The van der Waals surface area contributed by atoms with Gasteiger partial charge in [-0.25, -0.2) is 9.59 Å². The number of hydrogen-bond acceptors (Lipinski definition) is 5. The second-order valence-corrected chi connectivity index (χ2v) is 4.52. The van der Waals surface area contributed by atoms with Crippen LogP contribution >= 0.6 is 0 Å². The van der Waals surface area contributed by atoms with E-state index in [-0.39, 0.29) is 24.0 Å². The van der Waals surface area contributed by atoms with Gasteiger partial charge in [-0.2, -0.15) is 0 Å². The summed E-state index contributed by atoms with van der Waals surface area (Å²) in [5.41, 5.74) is 0.456. The van der Waals surface area contributed by atoms with Gasteiger partial charge in [-0.3, -0.25) is 0 Å². The first kappa shape index (κ1) is 15.6. The Hall–Kier alpha value is -2.44. The number of aromatic hydroxyl groups is 2. The lowest BCUT2D eigenvalue weighted by Crippen LogP contribution is -2.43. The minimum absolute atomic E-state index is 0.0453. The van der Waals surface area contributed by atoms with E-state index in [9.17, 15) is 19.8 Å². The number of phenolic OH excluding ortho intramolecular Hbond substituents is 2. The van der Waals surface area contributed by atoms with Crippen molar-refractivity contribution in [3.63, 3.8) is 0 Å². The molecule has 0 bridgehead atoms. The van der Waals surface area contributed by atoms with Crippen LogP contribution in [0.5, 0.6) is 11.5 Å². The molecule has 1 atom stereocenters. The average Bonchev–Trinajstić information content (AvgIpc) is 2.31. The number of carboxylic acids is 1. The molecule has 0 aliphatic rings. The topological polar surface area (TPSA) is 116 Å². The molecule has 20 heavy (non-hydrogen) atoms. The average molecular weight is 283 g/mol. The van der Waals surface area contributed by atoms with Gasteiger partial charge in [0.2, 0.25) is 0 Å². The van der Waals surface area contributed by atoms with E-state index in [0.29, 0.717) is 5.56 Å². The normalized spacial score (nSPS) is 11.9. The Morgan fingerprint density at radius 3 is 2.40 bits per heavy atom. The van der Waals surface area contributed by atoms with Gasteiger partial charge in [0.15, 0.2) is 11.5 Å². The number of rotatable bonds is 5. The van der Waals surface area contributed by atoms with Crippen LogP contribution in [-0.2, 0) is 16.0 Å². The largest absolute Gasteiger partial charge is 0.504 e. The summed E-state index contributed by atoms with van der Waals surface area (Å²) in [5, 5.41) is 29.8. The van der Waals surface area contributed by atoms with Crippen molar-refractivity contribution in [1.82, 2.24) is 5.32 Å². The van der Waals surface area contributed by atoms with Crippen LogP contribution in [0.3, 0.4) is 0 Å². The molecule has 7 nitrogen and oxygen atoms in total. The van der Waals surface area contributed by atoms with Crippen LogP contribution < -0.4 is 5.32 Å². The number of aliphatic carboxylic acids is 1. The lowest BCUT2D eigenvalue weighted by atomic mass is 10.1. The van der Waals surface area contributed by atoms with Gasteiger partial charge in [-0.15, -0.1) is 0 Å². The number of ether oxygens (including phenoxy) is 1. The fourth-order valence-corrected chi connectivity index (χ4v) is 1.52. The van der Waals surface area contributed by atoms with E-state index in [4.69, 9.17) is 9.84 Å². The molecule has 0 aliphatic heterocycles. The molecular formula is C13H17NO6. The third kappa shape index (κ3) is 4.68. The van der Waals surface area contributed by atoms with Crippen LogP contribution in [-0.4, -0.2) is 39.5 Å². The number of alkyl carbamates (subject to hydrolysis) is 1. The highest BCUT2D eigenvalue weighted by molar-refractivity contribution is 5.80. The Kier molecular flexibility index (Phi) is 5.19. The quantitative estimate of drug-likeness (QED) is 0.604. The molecule has 0 aliphatic carbocycles. The lowest BCUT2D eigenvalue weighted by Gasteiger charge is -2.16. The molecule has 1 amide bonds. The number of phenols is 2. The van der Waals surface area contributed by atoms with Crippen LogP contribution in [0.1, 0.15) is 19.4 Å². The van der Waals surface area contributed by atoms with Gasteiger partial charge in [-0.1, -0.05) is 6.07 Å². The van der Waals surface area contributed by atoms with Crippen molar-refractivity contribution < 1.29 is 29.6 Å². The standard InChI is InChI=1S/C13H17NO6/c1-7(2)20-13(19)14-9(12(17)18)5-8-3-4-10(15)11(16)6-8/h3-4,6-7,9,15-16H,5H2,1-2H3,(H,14,19)(H,17,18). The molecule has 0 saturated carbocycles. The van der Waals surface area contributed by atoms with E-state index in [2.05, 4.69) is 5.32 Å². The predicted molar refractivity (Wildman–Crippen MR) is 69.7 cm³/mol. The van der Waals surface area contributed by atoms with Gasteiger partial charge in [0.25, 0.3) is 0 Å². The van der Waals surface area contributed by atoms with Crippen LogP contribution in [0.2, 0.25) is 0 Å². The maximum absolute atomic E-state index is 11.4. The Labute approximate surface area is 115 Å². The van der Waals surface area contributed by atoms with Crippen molar-refractivity contribution in [3.05, 3.63) is 23.8 Å². The maximum Gasteiger partial charge on any atom is 0.408 e. The van der Waals surface area contributed by atoms with Crippen LogP contribution in [0.15, 0.2) is 18.2 Å². The minimum atomic E-state index is -1.22. The molecule has 110 valence electrons. The summed E-state index contributed by atoms with van der Waals surface area (Å²) in [6.07, 6.45) is -1.23. The maximum atomic E-state index is 11.4. The van der Waals surface area contributed by atoms with E-state index < -0.39 is 18.1 Å². The molecule has 1 aromatic rings. The minimum Gasteiger partial charge on any atom is -0.504 e. The molecule has 4 N–H and O–H groups in total. The second kappa shape index (κ2) is 6.65. The number of carbonyl (C=O) groups is 2. The van der Waals surface area contributed by atoms with Gasteiger partial charge < -0.3 is 25.4 Å². The molecule has 0 saturated heterocycles. The van der Waals surface area contributed by atoms with Crippen molar-refractivity contribution in [2.75, 3.05) is 0 Å². The summed E-state index contributed by atoms with van der Waals surface area (Å²) in [6.45, 7) is 3.29. The van der Waals surface area contributed by atoms with Gasteiger partial charge in [0.1, 0.15) is 6.04 Å². The van der Waals surface area contributed by atoms with Crippen molar-refractivity contribution in [2.24, 2.45) is 0 Å². The van der Waals surface area contributed by atoms with E-state index in [1.807, 2.05) is 0 Å².